The molecule has 0 aliphatic carbocycles. The van der Waals surface area contributed by atoms with Crippen molar-refractivity contribution in [3.63, 3.8) is 0 Å². The van der Waals surface area contributed by atoms with Crippen LogP contribution in [0.2, 0.25) is 0 Å². The topological polar surface area (TPSA) is 130 Å². The Bertz CT molecular complexity index is 358. The SMILES string of the molecule is NC1CC(=O)NCC(=O)NCC(C=O)NCC1=O. The van der Waals surface area contributed by atoms with Crippen LogP contribution in [0.1, 0.15) is 6.42 Å². The fraction of sp³-hybridized carbons (Fsp3) is 0.600. The van der Waals surface area contributed by atoms with Gasteiger partial charge in [0.15, 0.2) is 5.78 Å². The van der Waals surface area contributed by atoms with Gasteiger partial charge in [-0.3, -0.25) is 19.7 Å². The van der Waals surface area contributed by atoms with Crippen molar-refractivity contribution in [3.8, 4) is 0 Å². The lowest BCUT2D eigenvalue weighted by molar-refractivity contribution is -0.128. The maximum atomic E-state index is 11.5. The third kappa shape index (κ3) is 4.60. The second kappa shape index (κ2) is 6.82. The minimum atomic E-state index is -0.938. The average Bonchev–Trinajstić information content (AvgIpc) is 2.34. The summed E-state index contributed by atoms with van der Waals surface area (Å²) in [7, 11) is 0. The first-order valence-corrected chi connectivity index (χ1v) is 5.53. The van der Waals surface area contributed by atoms with Gasteiger partial charge in [0.05, 0.1) is 25.2 Å². The van der Waals surface area contributed by atoms with Crippen LogP contribution in [0.3, 0.4) is 0 Å². The molecule has 0 aromatic carbocycles. The first-order chi connectivity index (χ1) is 8.52. The van der Waals surface area contributed by atoms with Gasteiger partial charge in [-0.25, -0.2) is 0 Å². The van der Waals surface area contributed by atoms with E-state index >= 15 is 0 Å². The van der Waals surface area contributed by atoms with E-state index in [2.05, 4.69) is 16.0 Å². The zero-order valence-corrected chi connectivity index (χ0v) is 9.77. The second-order valence-corrected chi connectivity index (χ2v) is 3.98. The Morgan fingerprint density at radius 2 is 1.83 bits per heavy atom. The Balaban J connectivity index is 2.66. The van der Waals surface area contributed by atoms with Crippen LogP contribution in [0.4, 0.5) is 0 Å². The number of hydrogen-bond donors (Lipinski definition) is 4. The number of carbonyl (C=O) groups is 4. The zero-order chi connectivity index (χ0) is 13.5. The number of hydrogen-bond acceptors (Lipinski definition) is 6. The van der Waals surface area contributed by atoms with Crippen molar-refractivity contribution in [1.82, 2.24) is 16.0 Å². The highest BCUT2D eigenvalue weighted by atomic mass is 16.2. The van der Waals surface area contributed by atoms with Gasteiger partial charge in [0, 0.05) is 13.0 Å². The van der Waals surface area contributed by atoms with Crippen molar-refractivity contribution in [3.05, 3.63) is 0 Å². The number of nitrogens with two attached hydrogens (primary N) is 1. The molecule has 0 aromatic rings. The van der Waals surface area contributed by atoms with Crippen LogP contribution in [-0.4, -0.2) is 55.6 Å². The fourth-order valence-electron chi connectivity index (χ4n) is 1.38. The van der Waals surface area contributed by atoms with Crippen LogP contribution in [0.25, 0.3) is 0 Å². The van der Waals surface area contributed by atoms with Gasteiger partial charge < -0.3 is 21.2 Å². The van der Waals surface area contributed by atoms with Crippen LogP contribution in [-0.2, 0) is 19.2 Å². The molecule has 2 atom stereocenters. The molecule has 2 unspecified atom stereocenters. The molecule has 1 rings (SSSR count). The van der Waals surface area contributed by atoms with E-state index in [1.807, 2.05) is 0 Å². The second-order valence-electron chi connectivity index (χ2n) is 3.98. The van der Waals surface area contributed by atoms with Crippen molar-refractivity contribution in [1.29, 1.82) is 0 Å². The monoisotopic (exact) mass is 256 g/mol. The molecule has 8 heteroatoms. The number of amides is 2. The molecule has 1 saturated heterocycles. The molecule has 0 spiro atoms. The Morgan fingerprint density at radius 1 is 1.11 bits per heavy atom. The summed E-state index contributed by atoms with van der Waals surface area (Å²) in [6.07, 6.45) is 0.420. The third-order valence-electron chi connectivity index (χ3n) is 2.49. The molecule has 18 heavy (non-hydrogen) atoms. The Kier molecular flexibility index (Phi) is 5.40. The number of carbonyl (C=O) groups excluding carboxylic acids is 4. The first kappa shape index (κ1) is 14.3. The molecule has 0 bridgehead atoms. The number of nitrogens with one attached hydrogen (secondary N) is 3. The van der Waals surface area contributed by atoms with E-state index in [4.69, 9.17) is 5.73 Å². The summed E-state index contributed by atoms with van der Waals surface area (Å²) in [5.74, 6) is -1.22. The lowest BCUT2D eigenvalue weighted by atomic mass is 10.1. The lowest BCUT2D eigenvalue weighted by Crippen LogP contribution is -2.50. The van der Waals surface area contributed by atoms with Crippen molar-refractivity contribution in [2.24, 2.45) is 5.73 Å². The van der Waals surface area contributed by atoms with Crippen LogP contribution in [0.5, 0.6) is 0 Å². The standard InChI is InChI=1S/C10H16N4O4/c11-7-1-9(17)14-4-10(18)13-2-6(5-15)12-3-8(7)16/h5-7,12H,1-4,11H2,(H,13,18)(H,14,17). The first-order valence-electron chi connectivity index (χ1n) is 5.53. The number of aldehydes is 1. The van der Waals surface area contributed by atoms with Gasteiger partial charge >= 0.3 is 0 Å². The van der Waals surface area contributed by atoms with Gasteiger partial charge in [-0.1, -0.05) is 0 Å². The van der Waals surface area contributed by atoms with E-state index < -0.39 is 23.9 Å². The number of ketones is 1. The van der Waals surface area contributed by atoms with Crippen molar-refractivity contribution in [2.45, 2.75) is 18.5 Å². The van der Waals surface area contributed by atoms with Gasteiger partial charge in [-0.2, -0.15) is 0 Å². The molecule has 8 nitrogen and oxygen atoms in total. The molecule has 5 N–H and O–H groups in total. The van der Waals surface area contributed by atoms with Gasteiger partial charge in [0.1, 0.15) is 6.29 Å². The lowest BCUT2D eigenvalue weighted by Gasteiger charge is -2.17. The quantitative estimate of drug-likeness (QED) is 0.363. The van der Waals surface area contributed by atoms with Crippen molar-refractivity contribution < 1.29 is 19.2 Å². The predicted octanol–water partition coefficient (Wildman–Crippen LogP) is -3.32. The Morgan fingerprint density at radius 3 is 2.50 bits per heavy atom. The zero-order valence-electron chi connectivity index (χ0n) is 9.77. The van der Waals surface area contributed by atoms with Crippen molar-refractivity contribution >= 4 is 23.9 Å². The molecule has 0 aromatic heterocycles. The van der Waals surface area contributed by atoms with Crippen LogP contribution in [0, 0.1) is 0 Å². The van der Waals surface area contributed by atoms with E-state index in [1.165, 1.54) is 0 Å². The van der Waals surface area contributed by atoms with E-state index in [1.54, 1.807) is 0 Å². The summed E-state index contributed by atoms with van der Waals surface area (Å²) in [5.41, 5.74) is 5.53. The minimum absolute atomic E-state index is 0.0563. The summed E-state index contributed by atoms with van der Waals surface area (Å²) < 4.78 is 0. The molecule has 1 aliphatic heterocycles. The highest BCUT2D eigenvalue weighted by molar-refractivity contribution is 5.92. The van der Waals surface area contributed by atoms with Crippen molar-refractivity contribution in [2.75, 3.05) is 19.6 Å². The summed E-state index contributed by atoms with van der Waals surface area (Å²) >= 11 is 0. The fourth-order valence-corrected chi connectivity index (χ4v) is 1.38. The van der Waals surface area contributed by atoms with Gasteiger partial charge in [-0.05, 0) is 0 Å². The van der Waals surface area contributed by atoms with Crippen LogP contribution >= 0.6 is 0 Å². The molecule has 1 fully saturated rings. The molecule has 1 aliphatic rings. The smallest absolute Gasteiger partial charge is 0.239 e. The maximum absolute atomic E-state index is 11.5. The molecule has 100 valence electrons. The predicted molar refractivity (Wildman–Crippen MR) is 61.5 cm³/mol. The summed E-state index contributed by atoms with van der Waals surface area (Å²) in [6, 6.07) is -1.59. The van der Waals surface area contributed by atoms with E-state index in [9.17, 15) is 19.2 Å². The summed E-state index contributed by atoms with van der Waals surface area (Å²) in [5, 5.41) is 7.46. The molecule has 0 saturated carbocycles. The number of rotatable bonds is 1. The highest BCUT2D eigenvalue weighted by Crippen LogP contribution is 1.92. The Labute approximate surface area is 104 Å². The molecule has 2 amide bonds. The summed E-state index contributed by atoms with van der Waals surface area (Å²) in [6.45, 7) is -0.264. The average molecular weight is 256 g/mol. The van der Waals surface area contributed by atoms with E-state index in [0.717, 1.165) is 0 Å². The largest absolute Gasteiger partial charge is 0.353 e. The van der Waals surface area contributed by atoms with E-state index in [0.29, 0.717) is 6.29 Å². The molecule has 1 heterocycles. The van der Waals surface area contributed by atoms with E-state index in [-0.39, 0.29) is 31.8 Å². The van der Waals surface area contributed by atoms with Crippen LogP contribution in [0.15, 0.2) is 0 Å². The number of Topliss-reactive ketones (excluding diaryl/α,β-unsaturated/α-hetero) is 1. The summed E-state index contributed by atoms with van der Waals surface area (Å²) in [4.78, 5) is 44.8. The Hall–Kier alpha value is -1.80. The van der Waals surface area contributed by atoms with Gasteiger partial charge in [0.2, 0.25) is 11.8 Å². The minimum Gasteiger partial charge on any atom is -0.353 e. The van der Waals surface area contributed by atoms with Gasteiger partial charge in [0.25, 0.3) is 0 Å². The molecular formula is C10H16N4O4. The van der Waals surface area contributed by atoms with Gasteiger partial charge in [-0.15, -0.1) is 0 Å². The normalized spacial score (nSPS) is 27.5. The highest BCUT2D eigenvalue weighted by Gasteiger charge is 2.20. The molecular weight excluding hydrogens is 240 g/mol. The molecule has 0 radical (unpaired) electrons. The maximum Gasteiger partial charge on any atom is 0.239 e. The third-order valence-corrected chi connectivity index (χ3v) is 2.49. The van der Waals surface area contributed by atoms with Crippen LogP contribution < -0.4 is 21.7 Å².